The Morgan fingerprint density at radius 1 is 1.50 bits per heavy atom. The molecule has 5 heteroatoms. The Bertz CT molecular complexity index is 290. The first kappa shape index (κ1) is 11.0. The van der Waals surface area contributed by atoms with Gasteiger partial charge in [0.2, 0.25) is 5.95 Å². The van der Waals surface area contributed by atoms with Gasteiger partial charge in [0, 0.05) is 13.6 Å². The van der Waals surface area contributed by atoms with Gasteiger partial charge in [-0.1, -0.05) is 24.9 Å². The molecule has 0 fully saturated rings. The van der Waals surface area contributed by atoms with Gasteiger partial charge in [0.1, 0.15) is 10.8 Å². The summed E-state index contributed by atoms with van der Waals surface area (Å²) in [4.78, 5) is 8.19. The number of nitrogens with zero attached hydrogens (tertiary/aromatic N) is 2. The number of nitrogens with one attached hydrogen (secondary N) is 2. The van der Waals surface area contributed by atoms with Crippen molar-refractivity contribution in [1.82, 2.24) is 9.97 Å². The highest BCUT2D eigenvalue weighted by Crippen LogP contribution is 2.18. The molecule has 14 heavy (non-hydrogen) atoms. The zero-order chi connectivity index (χ0) is 10.4. The lowest BCUT2D eigenvalue weighted by atomic mass is 10.3. The Balaban J connectivity index is 2.64. The van der Waals surface area contributed by atoms with Crippen LogP contribution in [0.4, 0.5) is 11.8 Å². The molecule has 0 amide bonds. The molecular weight excluding hydrogens is 200 g/mol. The lowest BCUT2D eigenvalue weighted by molar-refractivity contribution is 0.830. The minimum atomic E-state index is 0.556. The molecule has 0 saturated heterocycles. The summed E-state index contributed by atoms with van der Waals surface area (Å²) in [5.41, 5.74) is 0. The normalized spacial score (nSPS) is 9.93. The fraction of sp³-hybridized carbons (Fsp3) is 0.556. The van der Waals surface area contributed by atoms with Crippen molar-refractivity contribution < 1.29 is 0 Å². The second kappa shape index (κ2) is 5.65. The zero-order valence-corrected chi connectivity index (χ0v) is 9.23. The van der Waals surface area contributed by atoms with Crippen LogP contribution < -0.4 is 10.6 Å². The quantitative estimate of drug-likeness (QED) is 0.739. The Morgan fingerprint density at radius 3 is 2.93 bits per heavy atom. The maximum Gasteiger partial charge on any atom is 0.224 e. The van der Waals surface area contributed by atoms with Gasteiger partial charge >= 0.3 is 0 Å². The molecule has 0 aliphatic heterocycles. The minimum absolute atomic E-state index is 0.556. The van der Waals surface area contributed by atoms with Crippen molar-refractivity contribution in [2.75, 3.05) is 24.2 Å². The smallest absolute Gasteiger partial charge is 0.224 e. The van der Waals surface area contributed by atoms with Gasteiger partial charge in [0.15, 0.2) is 0 Å². The highest BCUT2D eigenvalue weighted by atomic mass is 35.5. The second-order valence-electron chi connectivity index (χ2n) is 2.92. The summed E-state index contributed by atoms with van der Waals surface area (Å²) in [5.74, 6) is 1.27. The van der Waals surface area contributed by atoms with E-state index in [4.69, 9.17) is 11.6 Å². The first-order chi connectivity index (χ1) is 6.77. The van der Waals surface area contributed by atoms with E-state index in [1.54, 1.807) is 13.2 Å². The van der Waals surface area contributed by atoms with Crippen LogP contribution in [0.15, 0.2) is 6.20 Å². The maximum atomic E-state index is 5.92. The standard InChI is InChI=1S/C9H15ClN4/c1-3-4-5-12-8-7(10)6-13-9(11-2)14-8/h6H,3-5H2,1-2H3,(H2,11,12,13,14). The van der Waals surface area contributed by atoms with Crippen molar-refractivity contribution in [3.63, 3.8) is 0 Å². The third-order valence-electron chi connectivity index (χ3n) is 1.79. The Labute approximate surface area is 89.1 Å². The van der Waals surface area contributed by atoms with Crippen LogP contribution in [0.3, 0.4) is 0 Å². The van der Waals surface area contributed by atoms with E-state index >= 15 is 0 Å². The average Bonchev–Trinajstić information content (AvgIpc) is 2.21. The van der Waals surface area contributed by atoms with E-state index in [2.05, 4.69) is 27.5 Å². The van der Waals surface area contributed by atoms with Crippen molar-refractivity contribution in [2.24, 2.45) is 0 Å². The van der Waals surface area contributed by atoms with Crippen LogP contribution in [0.2, 0.25) is 5.02 Å². The molecule has 1 aromatic rings. The number of rotatable bonds is 5. The fourth-order valence-electron chi connectivity index (χ4n) is 0.995. The number of anilines is 2. The molecule has 0 bridgehead atoms. The number of aromatic nitrogens is 2. The van der Waals surface area contributed by atoms with Crippen LogP contribution in [0, 0.1) is 0 Å². The van der Waals surface area contributed by atoms with Gasteiger partial charge in [-0.3, -0.25) is 0 Å². The summed E-state index contributed by atoms with van der Waals surface area (Å²) in [7, 11) is 1.78. The van der Waals surface area contributed by atoms with Gasteiger partial charge in [0.25, 0.3) is 0 Å². The summed E-state index contributed by atoms with van der Waals surface area (Å²) in [6.45, 7) is 3.03. The summed E-state index contributed by atoms with van der Waals surface area (Å²) in [5, 5.41) is 6.59. The Morgan fingerprint density at radius 2 is 2.29 bits per heavy atom. The van der Waals surface area contributed by atoms with Crippen LogP contribution in [0.1, 0.15) is 19.8 Å². The molecule has 0 saturated carbocycles. The summed E-state index contributed by atoms with van der Waals surface area (Å²) in [6.07, 6.45) is 3.85. The highest BCUT2D eigenvalue weighted by Gasteiger charge is 2.02. The van der Waals surface area contributed by atoms with E-state index < -0.39 is 0 Å². The third-order valence-corrected chi connectivity index (χ3v) is 2.07. The van der Waals surface area contributed by atoms with Crippen molar-refractivity contribution in [3.8, 4) is 0 Å². The molecule has 0 unspecified atom stereocenters. The molecule has 0 aromatic carbocycles. The number of hydrogen-bond donors (Lipinski definition) is 2. The fourth-order valence-corrected chi connectivity index (χ4v) is 1.15. The topological polar surface area (TPSA) is 49.8 Å². The number of unbranched alkanes of at least 4 members (excludes halogenated alkanes) is 1. The van der Waals surface area contributed by atoms with E-state index in [-0.39, 0.29) is 0 Å². The summed E-state index contributed by atoms with van der Waals surface area (Å²) in [6, 6.07) is 0. The van der Waals surface area contributed by atoms with Gasteiger partial charge in [-0.05, 0) is 6.42 Å². The highest BCUT2D eigenvalue weighted by molar-refractivity contribution is 6.32. The molecule has 78 valence electrons. The Kier molecular flexibility index (Phi) is 4.46. The van der Waals surface area contributed by atoms with Crippen molar-refractivity contribution in [3.05, 3.63) is 11.2 Å². The molecule has 4 nitrogen and oxygen atoms in total. The van der Waals surface area contributed by atoms with Gasteiger partial charge in [0.05, 0.1) is 6.20 Å². The molecule has 1 heterocycles. The van der Waals surface area contributed by atoms with Crippen LogP contribution >= 0.6 is 11.6 Å². The van der Waals surface area contributed by atoms with E-state index in [9.17, 15) is 0 Å². The predicted octanol–water partition coefficient (Wildman–Crippen LogP) is 2.38. The maximum absolute atomic E-state index is 5.92. The lowest BCUT2D eigenvalue weighted by Crippen LogP contribution is -2.06. The number of halogens is 1. The molecule has 0 aliphatic rings. The zero-order valence-electron chi connectivity index (χ0n) is 8.47. The monoisotopic (exact) mass is 214 g/mol. The van der Waals surface area contributed by atoms with Gasteiger partial charge in [-0.2, -0.15) is 4.98 Å². The summed E-state index contributed by atoms with van der Waals surface area (Å²) < 4.78 is 0. The second-order valence-corrected chi connectivity index (χ2v) is 3.33. The van der Waals surface area contributed by atoms with Crippen LogP contribution in [0.25, 0.3) is 0 Å². The molecule has 0 atom stereocenters. The molecule has 1 aromatic heterocycles. The van der Waals surface area contributed by atoms with Crippen LogP contribution in [-0.2, 0) is 0 Å². The van der Waals surface area contributed by atoms with E-state index in [1.807, 2.05) is 0 Å². The SMILES string of the molecule is CCCCNc1nc(NC)ncc1Cl. The Hall–Kier alpha value is -1.03. The van der Waals surface area contributed by atoms with Crippen LogP contribution in [0.5, 0.6) is 0 Å². The summed E-state index contributed by atoms with van der Waals surface area (Å²) >= 11 is 5.92. The molecular formula is C9H15ClN4. The van der Waals surface area contributed by atoms with Crippen LogP contribution in [-0.4, -0.2) is 23.6 Å². The molecule has 2 N–H and O–H groups in total. The third kappa shape index (κ3) is 3.03. The largest absolute Gasteiger partial charge is 0.369 e. The van der Waals surface area contributed by atoms with E-state index in [0.717, 1.165) is 19.4 Å². The van der Waals surface area contributed by atoms with Gasteiger partial charge < -0.3 is 10.6 Å². The van der Waals surface area contributed by atoms with E-state index in [1.165, 1.54) is 0 Å². The first-order valence-corrected chi connectivity index (χ1v) is 5.10. The predicted molar refractivity (Wildman–Crippen MR) is 60.0 cm³/mol. The van der Waals surface area contributed by atoms with Gasteiger partial charge in [-0.25, -0.2) is 4.98 Å². The van der Waals surface area contributed by atoms with E-state index in [0.29, 0.717) is 16.8 Å². The first-order valence-electron chi connectivity index (χ1n) is 4.72. The average molecular weight is 215 g/mol. The molecule has 0 radical (unpaired) electrons. The minimum Gasteiger partial charge on any atom is -0.369 e. The van der Waals surface area contributed by atoms with Crippen molar-refractivity contribution in [2.45, 2.75) is 19.8 Å². The van der Waals surface area contributed by atoms with Gasteiger partial charge in [-0.15, -0.1) is 0 Å². The molecule has 0 spiro atoms. The molecule has 0 aliphatic carbocycles. The molecule has 1 rings (SSSR count). The van der Waals surface area contributed by atoms with Crippen molar-refractivity contribution >= 4 is 23.4 Å². The van der Waals surface area contributed by atoms with Crippen molar-refractivity contribution in [1.29, 1.82) is 0 Å². The number of hydrogen-bond acceptors (Lipinski definition) is 4. The lowest BCUT2D eigenvalue weighted by Gasteiger charge is -2.07.